The van der Waals surface area contributed by atoms with Crippen molar-refractivity contribution in [1.29, 1.82) is 0 Å². The van der Waals surface area contributed by atoms with Gasteiger partial charge in [0.25, 0.3) is 5.91 Å². The van der Waals surface area contributed by atoms with Crippen molar-refractivity contribution in [3.63, 3.8) is 0 Å². The highest BCUT2D eigenvalue weighted by molar-refractivity contribution is 5.94. The van der Waals surface area contributed by atoms with E-state index in [2.05, 4.69) is 4.98 Å². The van der Waals surface area contributed by atoms with Gasteiger partial charge in [0.05, 0.1) is 11.9 Å². The first-order valence-electron chi connectivity index (χ1n) is 8.99. The normalized spacial score (nSPS) is 11.4. The molecule has 1 heterocycles. The number of carbonyl (C=O) groups excluding carboxylic acids is 1. The van der Waals surface area contributed by atoms with Gasteiger partial charge in [0.15, 0.2) is 0 Å². The van der Waals surface area contributed by atoms with Crippen molar-refractivity contribution < 1.29 is 22.4 Å². The summed E-state index contributed by atoms with van der Waals surface area (Å²) in [6.45, 7) is 1.17. The Kier molecular flexibility index (Phi) is 6.31. The quantitative estimate of drug-likeness (QED) is 0.531. The molecule has 0 bridgehead atoms. The van der Waals surface area contributed by atoms with Crippen molar-refractivity contribution in [2.75, 3.05) is 6.54 Å². The summed E-state index contributed by atoms with van der Waals surface area (Å²) in [4.78, 5) is 18.4. The SMILES string of the molecule is O=C(c1ccc(F)cc1)N(CCCn1ccnc1)Cc1ccc(C(F)(F)F)cc1. The first kappa shape index (κ1) is 20.6. The number of benzene rings is 2. The number of imidazole rings is 1. The molecule has 0 aliphatic rings. The van der Waals surface area contributed by atoms with Crippen LogP contribution in [0.2, 0.25) is 0 Å². The molecule has 0 saturated heterocycles. The number of aryl methyl sites for hydroxylation is 1. The van der Waals surface area contributed by atoms with Gasteiger partial charge in [-0.1, -0.05) is 12.1 Å². The van der Waals surface area contributed by atoms with E-state index >= 15 is 0 Å². The van der Waals surface area contributed by atoms with Gasteiger partial charge in [-0.05, 0) is 48.4 Å². The van der Waals surface area contributed by atoms with Crippen LogP contribution in [0, 0.1) is 5.82 Å². The Morgan fingerprint density at radius 2 is 1.72 bits per heavy atom. The van der Waals surface area contributed by atoms with Crippen LogP contribution in [0.5, 0.6) is 0 Å². The molecule has 152 valence electrons. The number of halogens is 4. The minimum absolute atomic E-state index is 0.151. The molecule has 0 radical (unpaired) electrons. The Morgan fingerprint density at radius 3 is 2.31 bits per heavy atom. The minimum atomic E-state index is -4.41. The number of hydrogen-bond acceptors (Lipinski definition) is 2. The van der Waals surface area contributed by atoms with Crippen molar-refractivity contribution in [3.05, 3.63) is 89.8 Å². The Labute approximate surface area is 165 Å². The molecule has 8 heteroatoms. The summed E-state index contributed by atoms with van der Waals surface area (Å²) in [6, 6.07) is 9.93. The van der Waals surface area contributed by atoms with Crippen LogP contribution in [0.4, 0.5) is 17.6 Å². The van der Waals surface area contributed by atoms with Crippen LogP contribution in [-0.4, -0.2) is 26.9 Å². The van der Waals surface area contributed by atoms with Crippen LogP contribution < -0.4 is 0 Å². The average molecular weight is 405 g/mol. The van der Waals surface area contributed by atoms with E-state index in [1.807, 2.05) is 10.8 Å². The summed E-state index contributed by atoms with van der Waals surface area (Å²) in [5, 5.41) is 0. The topological polar surface area (TPSA) is 38.1 Å². The summed E-state index contributed by atoms with van der Waals surface area (Å²) in [5.41, 5.74) is 0.162. The van der Waals surface area contributed by atoms with Crippen LogP contribution in [0.1, 0.15) is 27.9 Å². The van der Waals surface area contributed by atoms with Gasteiger partial charge in [0.1, 0.15) is 5.82 Å². The lowest BCUT2D eigenvalue weighted by Gasteiger charge is -2.23. The van der Waals surface area contributed by atoms with Crippen LogP contribution in [-0.2, 0) is 19.3 Å². The van der Waals surface area contributed by atoms with Crippen molar-refractivity contribution >= 4 is 5.91 Å². The molecule has 0 saturated carbocycles. The highest BCUT2D eigenvalue weighted by atomic mass is 19.4. The lowest BCUT2D eigenvalue weighted by molar-refractivity contribution is -0.137. The fourth-order valence-electron chi connectivity index (χ4n) is 2.91. The molecule has 29 heavy (non-hydrogen) atoms. The first-order valence-corrected chi connectivity index (χ1v) is 8.99. The Balaban J connectivity index is 1.74. The van der Waals surface area contributed by atoms with Crippen molar-refractivity contribution in [2.24, 2.45) is 0 Å². The van der Waals surface area contributed by atoms with Crippen LogP contribution >= 0.6 is 0 Å². The third kappa shape index (κ3) is 5.66. The number of aromatic nitrogens is 2. The van der Waals surface area contributed by atoms with Gasteiger partial charge in [0, 0.05) is 37.6 Å². The summed E-state index contributed by atoms with van der Waals surface area (Å²) in [5.74, 6) is -0.758. The highest BCUT2D eigenvalue weighted by Crippen LogP contribution is 2.29. The maximum Gasteiger partial charge on any atom is 0.416 e. The van der Waals surface area contributed by atoms with E-state index in [0.717, 1.165) is 12.1 Å². The molecule has 3 rings (SSSR count). The molecule has 0 fully saturated rings. The molecular weight excluding hydrogens is 386 g/mol. The standard InChI is InChI=1S/C21H19F4N3O/c22-19-8-4-17(5-9-19)20(29)28(12-1-11-27-13-10-26-15-27)14-16-2-6-18(7-3-16)21(23,24)25/h2-10,13,15H,1,11-12,14H2. The van der Waals surface area contributed by atoms with E-state index in [4.69, 9.17) is 0 Å². The van der Waals surface area contributed by atoms with Crippen LogP contribution in [0.15, 0.2) is 67.3 Å². The van der Waals surface area contributed by atoms with Crippen molar-refractivity contribution in [3.8, 4) is 0 Å². The summed E-state index contributed by atoms with van der Waals surface area (Å²) < 4.78 is 53.3. The first-order chi connectivity index (χ1) is 13.8. The van der Waals surface area contributed by atoms with Gasteiger partial charge in [-0.25, -0.2) is 9.37 Å². The second-order valence-corrected chi connectivity index (χ2v) is 6.58. The van der Waals surface area contributed by atoms with E-state index in [1.165, 1.54) is 36.4 Å². The van der Waals surface area contributed by atoms with E-state index in [0.29, 0.717) is 30.6 Å². The lowest BCUT2D eigenvalue weighted by Crippen LogP contribution is -2.32. The summed E-state index contributed by atoms with van der Waals surface area (Å²) in [6.07, 6.45) is 1.35. The molecular formula is C21H19F4N3O. The van der Waals surface area contributed by atoms with E-state index < -0.39 is 17.6 Å². The van der Waals surface area contributed by atoms with E-state index in [1.54, 1.807) is 17.4 Å². The molecule has 0 aliphatic heterocycles. The fraction of sp³-hybridized carbons (Fsp3) is 0.238. The zero-order valence-corrected chi connectivity index (χ0v) is 15.4. The number of rotatable bonds is 7. The van der Waals surface area contributed by atoms with Gasteiger partial charge < -0.3 is 9.47 Å². The largest absolute Gasteiger partial charge is 0.416 e. The van der Waals surface area contributed by atoms with Crippen LogP contribution in [0.25, 0.3) is 0 Å². The van der Waals surface area contributed by atoms with Gasteiger partial charge in [-0.2, -0.15) is 13.2 Å². The molecule has 0 spiro atoms. The fourth-order valence-corrected chi connectivity index (χ4v) is 2.91. The Bertz CT molecular complexity index is 920. The minimum Gasteiger partial charge on any atom is -0.337 e. The Hall–Kier alpha value is -3.16. The molecule has 1 aromatic heterocycles. The van der Waals surface area contributed by atoms with Crippen molar-refractivity contribution in [2.45, 2.75) is 25.7 Å². The van der Waals surface area contributed by atoms with E-state index in [9.17, 15) is 22.4 Å². The molecule has 3 aromatic rings. The smallest absolute Gasteiger partial charge is 0.337 e. The Morgan fingerprint density at radius 1 is 1.03 bits per heavy atom. The third-order valence-electron chi connectivity index (χ3n) is 4.44. The number of carbonyl (C=O) groups is 1. The van der Waals surface area contributed by atoms with Gasteiger partial charge in [-0.15, -0.1) is 0 Å². The third-order valence-corrected chi connectivity index (χ3v) is 4.44. The predicted octanol–water partition coefficient (Wildman–Crippen LogP) is 4.77. The predicted molar refractivity (Wildman–Crippen MR) is 99.4 cm³/mol. The maximum atomic E-state index is 13.2. The molecule has 1 amide bonds. The highest BCUT2D eigenvalue weighted by Gasteiger charge is 2.30. The van der Waals surface area contributed by atoms with Crippen LogP contribution in [0.3, 0.4) is 0 Å². The summed E-state index contributed by atoms with van der Waals surface area (Å²) in [7, 11) is 0. The van der Waals surface area contributed by atoms with Crippen molar-refractivity contribution in [1.82, 2.24) is 14.5 Å². The molecule has 0 unspecified atom stereocenters. The molecule has 2 aromatic carbocycles. The molecule has 0 aliphatic carbocycles. The summed E-state index contributed by atoms with van der Waals surface area (Å²) >= 11 is 0. The number of hydrogen-bond donors (Lipinski definition) is 0. The second-order valence-electron chi connectivity index (χ2n) is 6.58. The molecule has 4 nitrogen and oxygen atoms in total. The molecule has 0 atom stereocenters. The average Bonchev–Trinajstić information content (AvgIpc) is 3.20. The van der Waals surface area contributed by atoms with Gasteiger partial charge in [0.2, 0.25) is 0 Å². The molecule has 0 N–H and O–H groups in total. The number of alkyl halides is 3. The monoisotopic (exact) mass is 405 g/mol. The zero-order valence-electron chi connectivity index (χ0n) is 15.4. The van der Waals surface area contributed by atoms with Gasteiger partial charge >= 0.3 is 6.18 Å². The van der Waals surface area contributed by atoms with E-state index in [-0.39, 0.29) is 12.5 Å². The second kappa shape index (κ2) is 8.89. The van der Waals surface area contributed by atoms with Gasteiger partial charge in [-0.3, -0.25) is 4.79 Å². The zero-order chi connectivity index (χ0) is 20.9. The number of amides is 1. The lowest BCUT2D eigenvalue weighted by atomic mass is 10.1. The maximum absolute atomic E-state index is 13.2. The number of nitrogens with zero attached hydrogens (tertiary/aromatic N) is 3.